The Morgan fingerprint density at radius 3 is 2.60 bits per heavy atom. The molecule has 1 rings (SSSR count). The van der Waals surface area contributed by atoms with Crippen LogP contribution in [0.2, 0.25) is 0 Å². The van der Waals surface area contributed by atoms with Crippen LogP contribution >= 0.6 is 0 Å². The topological polar surface area (TPSA) is 40.5 Å². The van der Waals surface area contributed by atoms with Crippen molar-refractivity contribution >= 4 is 5.91 Å². The molecule has 0 atom stereocenters. The van der Waals surface area contributed by atoms with Crippen molar-refractivity contribution in [1.29, 1.82) is 0 Å². The molecule has 0 saturated carbocycles. The van der Waals surface area contributed by atoms with Crippen molar-refractivity contribution < 1.29 is 9.90 Å². The van der Waals surface area contributed by atoms with Crippen LogP contribution in [0.5, 0.6) is 0 Å². The maximum atomic E-state index is 11.9. The van der Waals surface area contributed by atoms with Gasteiger partial charge in [0.05, 0.1) is 6.61 Å². The number of benzene rings is 1. The van der Waals surface area contributed by atoms with Crippen LogP contribution in [0.3, 0.4) is 0 Å². The minimum atomic E-state index is -0.0947. The van der Waals surface area contributed by atoms with Gasteiger partial charge in [0.2, 0.25) is 0 Å². The summed E-state index contributed by atoms with van der Waals surface area (Å²) in [7, 11) is 0. The molecule has 1 aromatic rings. The van der Waals surface area contributed by atoms with E-state index in [0.29, 0.717) is 12.1 Å². The fourth-order valence-corrected chi connectivity index (χ4v) is 1.28. The fraction of sp³-hybridized carbons (Fsp3) is 0.250. The SMILES string of the molecule is CC=CN(CCO)C(=O)c1ccccc1. The van der Waals surface area contributed by atoms with Gasteiger partial charge >= 0.3 is 0 Å². The number of hydrogen-bond acceptors (Lipinski definition) is 2. The van der Waals surface area contributed by atoms with Gasteiger partial charge in [-0.15, -0.1) is 0 Å². The summed E-state index contributed by atoms with van der Waals surface area (Å²) in [5, 5.41) is 8.83. The average Bonchev–Trinajstić information content (AvgIpc) is 2.29. The highest BCUT2D eigenvalue weighted by Crippen LogP contribution is 2.04. The van der Waals surface area contributed by atoms with Crippen LogP contribution in [0.25, 0.3) is 0 Å². The van der Waals surface area contributed by atoms with Crippen LogP contribution in [-0.2, 0) is 0 Å². The summed E-state index contributed by atoms with van der Waals surface area (Å²) in [6.45, 7) is 2.11. The minimum Gasteiger partial charge on any atom is -0.395 e. The maximum absolute atomic E-state index is 11.9. The largest absolute Gasteiger partial charge is 0.395 e. The summed E-state index contributed by atoms with van der Waals surface area (Å²) in [6, 6.07) is 9.02. The third-order valence-corrected chi connectivity index (χ3v) is 1.95. The van der Waals surface area contributed by atoms with E-state index in [-0.39, 0.29) is 12.5 Å². The van der Waals surface area contributed by atoms with Crippen LogP contribution in [0, 0.1) is 0 Å². The van der Waals surface area contributed by atoms with Gasteiger partial charge in [0.15, 0.2) is 0 Å². The second kappa shape index (κ2) is 5.98. The first kappa shape index (κ1) is 11.5. The Morgan fingerprint density at radius 2 is 2.07 bits per heavy atom. The number of carbonyl (C=O) groups excluding carboxylic acids is 1. The van der Waals surface area contributed by atoms with Gasteiger partial charge in [-0.2, -0.15) is 0 Å². The molecule has 0 aromatic heterocycles. The quantitative estimate of drug-likeness (QED) is 0.812. The fourth-order valence-electron chi connectivity index (χ4n) is 1.28. The summed E-state index contributed by atoms with van der Waals surface area (Å²) in [5.74, 6) is -0.0947. The standard InChI is InChI=1S/C12H15NO2/c1-2-8-13(9-10-14)12(15)11-6-4-3-5-7-11/h2-8,14H,9-10H2,1H3. The smallest absolute Gasteiger partial charge is 0.257 e. The van der Waals surface area contributed by atoms with Gasteiger partial charge in [-0.25, -0.2) is 0 Å². The number of rotatable bonds is 4. The van der Waals surface area contributed by atoms with E-state index in [1.807, 2.05) is 25.1 Å². The molecule has 80 valence electrons. The predicted octanol–water partition coefficient (Wildman–Crippen LogP) is 1.65. The summed E-state index contributed by atoms with van der Waals surface area (Å²) in [6.07, 6.45) is 3.45. The monoisotopic (exact) mass is 205 g/mol. The number of nitrogens with zero attached hydrogens (tertiary/aromatic N) is 1. The zero-order valence-corrected chi connectivity index (χ0v) is 8.76. The van der Waals surface area contributed by atoms with Gasteiger partial charge in [-0.1, -0.05) is 24.3 Å². The molecule has 0 saturated heterocycles. The lowest BCUT2D eigenvalue weighted by molar-refractivity contribution is 0.0797. The van der Waals surface area contributed by atoms with E-state index < -0.39 is 0 Å². The second-order valence-electron chi connectivity index (χ2n) is 3.07. The van der Waals surface area contributed by atoms with E-state index in [4.69, 9.17) is 5.11 Å². The summed E-state index contributed by atoms with van der Waals surface area (Å²) < 4.78 is 0. The Morgan fingerprint density at radius 1 is 1.40 bits per heavy atom. The van der Waals surface area contributed by atoms with Crippen molar-refractivity contribution in [3.8, 4) is 0 Å². The zero-order valence-electron chi connectivity index (χ0n) is 8.76. The number of amides is 1. The highest BCUT2D eigenvalue weighted by Gasteiger charge is 2.11. The number of aliphatic hydroxyl groups excluding tert-OH is 1. The first-order valence-electron chi connectivity index (χ1n) is 4.89. The molecule has 0 unspecified atom stereocenters. The van der Waals surface area contributed by atoms with Gasteiger partial charge in [0.25, 0.3) is 5.91 Å². The lowest BCUT2D eigenvalue weighted by Gasteiger charge is -2.16. The molecule has 15 heavy (non-hydrogen) atoms. The summed E-state index contributed by atoms with van der Waals surface area (Å²) in [5.41, 5.74) is 0.629. The zero-order chi connectivity index (χ0) is 11.1. The number of carbonyl (C=O) groups is 1. The Kier molecular flexibility index (Phi) is 4.57. The average molecular weight is 205 g/mol. The second-order valence-corrected chi connectivity index (χ2v) is 3.07. The van der Waals surface area contributed by atoms with Crippen molar-refractivity contribution in [3.05, 3.63) is 48.2 Å². The Hall–Kier alpha value is -1.61. The van der Waals surface area contributed by atoms with Crippen LogP contribution in [0.4, 0.5) is 0 Å². The molecule has 1 amide bonds. The van der Waals surface area contributed by atoms with E-state index in [9.17, 15) is 4.79 Å². The van der Waals surface area contributed by atoms with E-state index in [2.05, 4.69) is 0 Å². The van der Waals surface area contributed by atoms with Crippen LogP contribution in [-0.4, -0.2) is 29.1 Å². The Bertz CT molecular complexity index is 333. The van der Waals surface area contributed by atoms with Gasteiger partial charge in [-0.3, -0.25) is 4.79 Å². The van der Waals surface area contributed by atoms with Crippen LogP contribution < -0.4 is 0 Å². The highest BCUT2D eigenvalue weighted by atomic mass is 16.3. The Balaban J connectivity index is 2.81. The first-order chi connectivity index (χ1) is 7.29. The van der Waals surface area contributed by atoms with Crippen molar-refractivity contribution in [1.82, 2.24) is 4.90 Å². The molecule has 0 spiro atoms. The van der Waals surface area contributed by atoms with Gasteiger partial charge in [-0.05, 0) is 19.1 Å². The molecule has 3 heteroatoms. The van der Waals surface area contributed by atoms with Crippen LogP contribution in [0.15, 0.2) is 42.6 Å². The Labute approximate surface area is 89.6 Å². The molecule has 1 aromatic carbocycles. The van der Waals surface area contributed by atoms with E-state index in [0.717, 1.165) is 0 Å². The molecule has 0 fully saturated rings. The van der Waals surface area contributed by atoms with Crippen molar-refractivity contribution in [3.63, 3.8) is 0 Å². The third kappa shape index (κ3) is 3.22. The molecule has 0 aliphatic rings. The lowest BCUT2D eigenvalue weighted by Crippen LogP contribution is -2.28. The highest BCUT2D eigenvalue weighted by molar-refractivity contribution is 5.94. The normalized spacial score (nSPS) is 10.5. The maximum Gasteiger partial charge on any atom is 0.257 e. The molecule has 0 bridgehead atoms. The lowest BCUT2D eigenvalue weighted by atomic mass is 10.2. The summed E-state index contributed by atoms with van der Waals surface area (Å²) >= 11 is 0. The van der Waals surface area contributed by atoms with E-state index in [1.54, 1.807) is 24.4 Å². The third-order valence-electron chi connectivity index (χ3n) is 1.95. The predicted molar refractivity (Wildman–Crippen MR) is 59.4 cm³/mol. The molecule has 0 radical (unpaired) electrons. The van der Waals surface area contributed by atoms with Crippen molar-refractivity contribution in [2.45, 2.75) is 6.92 Å². The van der Waals surface area contributed by atoms with E-state index >= 15 is 0 Å². The summed E-state index contributed by atoms with van der Waals surface area (Å²) in [4.78, 5) is 13.4. The van der Waals surface area contributed by atoms with Crippen molar-refractivity contribution in [2.75, 3.05) is 13.2 Å². The minimum absolute atomic E-state index is 0.0388. The molecular weight excluding hydrogens is 190 g/mol. The molecule has 0 aliphatic heterocycles. The van der Waals surface area contributed by atoms with Crippen LogP contribution in [0.1, 0.15) is 17.3 Å². The molecule has 3 nitrogen and oxygen atoms in total. The van der Waals surface area contributed by atoms with Crippen molar-refractivity contribution in [2.24, 2.45) is 0 Å². The molecule has 0 aliphatic carbocycles. The number of hydrogen-bond donors (Lipinski definition) is 1. The number of allylic oxidation sites excluding steroid dienone is 1. The van der Waals surface area contributed by atoms with Gasteiger partial charge < -0.3 is 10.0 Å². The molecule has 0 heterocycles. The number of aliphatic hydroxyl groups is 1. The first-order valence-corrected chi connectivity index (χ1v) is 4.89. The van der Waals surface area contributed by atoms with Gasteiger partial charge in [0.1, 0.15) is 0 Å². The van der Waals surface area contributed by atoms with Gasteiger partial charge in [0, 0.05) is 18.3 Å². The molecule has 1 N–H and O–H groups in total. The molecular formula is C12H15NO2. The van der Waals surface area contributed by atoms with E-state index in [1.165, 1.54) is 4.90 Å².